The van der Waals surface area contributed by atoms with Crippen LogP contribution in [0.3, 0.4) is 0 Å². The fourth-order valence-corrected chi connectivity index (χ4v) is 1.89. The number of amides is 1. The minimum atomic E-state index is -4.67. The van der Waals surface area contributed by atoms with Crippen LogP contribution in [0.2, 0.25) is 0 Å². The van der Waals surface area contributed by atoms with E-state index in [1.807, 2.05) is 0 Å². The van der Waals surface area contributed by atoms with Gasteiger partial charge in [-0.15, -0.1) is 11.3 Å². The number of carboxylic acid groups (broad SMARTS) is 1. The van der Waals surface area contributed by atoms with Crippen LogP contribution < -0.4 is 0 Å². The third kappa shape index (κ3) is 3.19. The first-order chi connectivity index (χ1) is 8.27. The molecular weight excluding hydrogens is 273 g/mol. The van der Waals surface area contributed by atoms with Gasteiger partial charge in [-0.2, -0.15) is 13.2 Å². The summed E-state index contributed by atoms with van der Waals surface area (Å²) in [6, 6.07) is 0. The van der Waals surface area contributed by atoms with Crippen molar-refractivity contribution in [2.24, 2.45) is 0 Å². The summed E-state index contributed by atoms with van der Waals surface area (Å²) >= 11 is 0.301. The second kappa shape index (κ2) is 5.34. The molecule has 0 atom stereocenters. The van der Waals surface area contributed by atoms with Crippen LogP contribution in [-0.2, 0) is 11.0 Å². The number of nitrogens with zero attached hydrogens (tertiary/aromatic N) is 2. The Bertz CT molecular complexity index is 458. The Morgan fingerprint density at radius 2 is 2.11 bits per heavy atom. The Labute approximate surface area is 104 Å². The van der Waals surface area contributed by atoms with E-state index in [1.165, 1.54) is 6.92 Å². The number of aromatic nitrogens is 1. The molecule has 18 heavy (non-hydrogen) atoms. The number of halogens is 3. The first-order valence-corrected chi connectivity index (χ1v) is 5.67. The average molecular weight is 282 g/mol. The number of carboxylic acids is 1. The highest BCUT2D eigenvalue weighted by Gasteiger charge is 2.39. The zero-order valence-electron chi connectivity index (χ0n) is 9.19. The molecule has 0 bridgehead atoms. The largest absolute Gasteiger partial charge is 0.480 e. The number of rotatable bonds is 4. The Morgan fingerprint density at radius 1 is 1.50 bits per heavy atom. The molecule has 5 nitrogen and oxygen atoms in total. The van der Waals surface area contributed by atoms with Gasteiger partial charge in [0.05, 0.1) is 5.51 Å². The van der Waals surface area contributed by atoms with Gasteiger partial charge >= 0.3 is 12.1 Å². The van der Waals surface area contributed by atoms with Crippen molar-refractivity contribution >= 4 is 23.2 Å². The number of hydrogen-bond acceptors (Lipinski definition) is 4. The highest BCUT2D eigenvalue weighted by atomic mass is 32.1. The van der Waals surface area contributed by atoms with Crippen molar-refractivity contribution in [1.82, 2.24) is 9.88 Å². The topological polar surface area (TPSA) is 70.5 Å². The van der Waals surface area contributed by atoms with Crippen LogP contribution >= 0.6 is 11.3 Å². The fourth-order valence-electron chi connectivity index (χ4n) is 1.24. The van der Waals surface area contributed by atoms with E-state index in [1.54, 1.807) is 0 Å². The lowest BCUT2D eigenvalue weighted by Gasteiger charge is -2.18. The SMILES string of the molecule is CCN(CC(=O)O)C(=O)c1ncsc1C(F)(F)F. The van der Waals surface area contributed by atoms with Crippen molar-refractivity contribution in [2.75, 3.05) is 13.1 Å². The third-order valence-electron chi connectivity index (χ3n) is 2.02. The van der Waals surface area contributed by atoms with Crippen LogP contribution in [0.1, 0.15) is 22.3 Å². The van der Waals surface area contributed by atoms with Gasteiger partial charge in [-0.05, 0) is 6.92 Å². The van der Waals surface area contributed by atoms with Crippen LogP contribution in [0.25, 0.3) is 0 Å². The van der Waals surface area contributed by atoms with E-state index in [0.29, 0.717) is 11.3 Å². The first kappa shape index (κ1) is 14.4. The first-order valence-electron chi connectivity index (χ1n) is 4.79. The molecule has 0 saturated carbocycles. The van der Waals surface area contributed by atoms with Crippen molar-refractivity contribution in [3.63, 3.8) is 0 Å². The summed E-state index contributed by atoms with van der Waals surface area (Å²) in [7, 11) is 0. The molecule has 1 heterocycles. The van der Waals surface area contributed by atoms with Gasteiger partial charge in [-0.3, -0.25) is 9.59 Å². The standard InChI is InChI=1S/C9H9F3N2O3S/c1-2-14(3-5(15)16)8(17)6-7(9(10,11)12)18-4-13-6/h4H,2-3H2,1H3,(H,15,16). The molecule has 0 aliphatic heterocycles. The zero-order valence-corrected chi connectivity index (χ0v) is 10.0. The monoisotopic (exact) mass is 282 g/mol. The van der Waals surface area contributed by atoms with Crippen LogP contribution in [0, 0.1) is 0 Å². The van der Waals surface area contributed by atoms with E-state index in [9.17, 15) is 22.8 Å². The lowest BCUT2D eigenvalue weighted by molar-refractivity contribution is -0.137. The fraction of sp³-hybridized carbons (Fsp3) is 0.444. The minimum absolute atomic E-state index is 0.0139. The van der Waals surface area contributed by atoms with E-state index >= 15 is 0 Å². The summed E-state index contributed by atoms with van der Waals surface area (Å²) in [4.78, 5) is 25.3. The lowest BCUT2D eigenvalue weighted by atomic mass is 10.3. The van der Waals surface area contributed by atoms with Crippen LogP contribution in [0.15, 0.2) is 5.51 Å². The average Bonchev–Trinajstić information content (AvgIpc) is 2.72. The van der Waals surface area contributed by atoms with Crippen LogP contribution in [0.5, 0.6) is 0 Å². The molecule has 0 radical (unpaired) electrons. The second-order valence-electron chi connectivity index (χ2n) is 3.24. The van der Waals surface area contributed by atoms with Gasteiger partial charge in [0.15, 0.2) is 5.69 Å². The quantitative estimate of drug-likeness (QED) is 0.912. The number of alkyl halides is 3. The molecule has 1 N–H and O–H groups in total. The van der Waals surface area contributed by atoms with Gasteiger partial charge in [0, 0.05) is 6.54 Å². The van der Waals surface area contributed by atoms with Crippen molar-refractivity contribution in [3.8, 4) is 0 Å². The molecule has 0 spiro atoms. The molecule has 0 unspecified atom stereocenters. The molecule has 0 saturated heterocycles. The summed E-state index contributed by atoms with van der Waals surface area (Å²) in [6.45, 7) is 0.796. The Kier molecular flexibility index (Phi) is 4.28. The molecule has 9 heteroatoms. The summed E-state index contributed by atoms with van der Waals surface area (Å²) in [6.07, 6.45) is -4.67. The van der Waals surface area contributed by atoms with Crippen LogP contribution in [0.4, 0.5) is 13.2 Å². The number of carbonyl (C=O) groups excluding carboxylic acids is 1. The van der Waals surface area contributed by atoms with Crippen molar-refractivity contribution in [1.29, 1.82) is 0 Å². The van der Waals surface area contributed by atoms with Crippen molar-refractivity contribution in [2.45, 2.75) is 13.1 Å². The summed E-state index contributed by atoms with van der Waals surface area (Å²) < 4.78 is 37.7. The second-order valence-corrected chi connectivity index (χ2v) is 4.10. The summed E-state index contributed by atoms with van der Waals surface area (Å²) in [5, 5.41) is 8.56. The minimum Gasteiger partial charge on any atom is -0.480 e. The third-order valence-corrected chi connectivity index (χ3v) is 2.89. The van der Waals surface area contributed by atoms with E-state index in [2.05, 4.69) is 4.98 Å². The number of hydrogen-bond donors (Lipinski definition) is 1. The predicted octanol–water partition coefficient (Wildman–Crippen LogP) is 1.71. The number of carbonyl (C=O) groups is 2. The van der Waals surface area contributed by atoms with Gasteiger partial charge in [0.2, 0.25) is 0 Å². The molecule has 1 rings (SSSR count). The number of likely N-dealkylation sites (N-methyl/N-ethyl adjacent to an activating group) is 1. The van der Waals surface area contributed by atoms with Gasteiger partial charge in [0.25, 0.3) is 5.91 Å². The Morgan fingerprint density at radius 3 is 2.56 bits per heavy atom. The molecule has 0 fully saturated rings. The Hall–Kier alpha value is -1.64. The van der Waals surface area contributed by atoms with E-state index in [0.717, 1.165) is 10.4 Å². The highest BCUT2D eigenvalue weighted by molar-refractivity contribution is 7.10. The molecule has 0 aliphatic carbocycles. The molecule has 0 aliphatic rings. The molecule has 1 amide bonds. The van der Waals surface area contributed by atoms with Gasteiger partial charge in [0.1, 0.15) is 11.4 Å². The van der Waals surface area contributed by atoms with E-state index in [4.69, 9.17) is 5.11 Å². The van der Waals surface area contributed by atoms with Crippen LogP contribution in [-0.4, -0.2) is 40.0 Å². The maximum absolute atomic E-state index is 12.6. The molecule has 100 valence electrons. The van der Waals surface area contributed by atoms with Gasteiger partial charge < -0.3 is 10.0 Å². The van der Waals surface area contributed by atoms with Gasteiger partial charge in [-0.1, -0.05) is 0 Å². The molecule has 1 aromatic heterocycles. The van der Waals surface area contributed by atoms with Crippen molar-refractivity contribution < 1.29 is 27.9 Å². The predicted molar refractivity (Wildman–Crippen MR) is 56.3 cm³/mol. The van der Waals surface area contributed by atoms with Gasteiger partial charge in [-0.25, -0.2) is 4.98 Å². The molecule has 1 aromatic rings. The lowest BCUT2D eigenvalue weighted by Crippen LogP contribution is -2.36. The maximum atomic E-state index is 12.6. The summed E-state index contributed by atoms with van der Waals surface area (Å²) in [5.74, 6) is -2.33. The highest BCUT2D eigenvalue weighted by Crippen LogP contribution is 2.35. The number of aliphatic carboxylic acids is 1. The smallest absolute Gasteiger partial charge is 0.427 e. The van der Waals surface area contributed by atoms with Crippen molar-refractivity contribution in [3.05, 3.63) is 16.1 Å². The zero-order chi connectivity index (χ0) is 13.9. The van der Waals surface area contributed by atoms with E-state index < -0.39 is 35.2 Å². The maximum Gasteiger partial charge on any atom is 0.427 e. The van der Waals surface area contributed by atoms with E-state index in [-0.39, 0.29) is 6.54 Å². The summed E-state index contributed by atoms with van der Waals surface area (Å²) in [5.41, 5.74) is 0.153. The molecule has 0 aromatic carbocycles. The Balaban J connectivity index is 3.03. The number of thiazole rings is 1. The normalized spacial score (nSPS) is 11.3. The molecular formula is C9H9F3N2O3S.